The summed E-state index contributed by atoms with van der Waals surface area (Å²) in [7, 11) is 0. The molecule has 2 aliphatic heterocycles. The number of aromatic amines is 1. The van der Waals surface area contributed by atoms with E-state index >= 15 is 0 Å². The second-order valence-corrected chi connectivity index (χ2v) is 9.57. The Kier molecular flexibility index (Phi) is 8.00. The molecule has 0 bridgehead atoms. The standard InChI is InChI=1S/C25H34FN5O4/c1-15-6-3-4-11-31(15)21(32)14-20(29-24(33)17-9-12-35-13-10-17)25(34)27-16(2)23-28-19-8-5-7-18(26)22(19)30-23/h5,7-8,15-17,20H,3-4,6,9-14H2,1-2H3,(H,27,34)(H,28,30)(H,29,33)/t15-,16-,20-/m0/s1. The van der Waals surface area contributed by atoms with Crippen molar-refractivity contribution in [3.8, 4) is 0 Å². The highest BCUT2D eigenvalue weighted by Crippen LogP contribution is 2.21. The van der Waals surface area contributed by atoms with Gasteiger partial charge < -0.3 is 25.3 Å². The van der Waals surface area contributed by atoms with Gasteiger partial charge in [-0.05, 0) is 58.1 Å². The van der Waals surface area contributed by atoms with Gasteiger partial charge in [-0.3, -0.25) is 14.4 Å². The molecule has 0 unspecified atom stereocenters. The van der Waals surface area contributed by atoms with Crippen LogP contribution in [0, 0.1) is 11.7 Å². The lowest BCUT2D eigenvalue weighted by atomic mass is 9.98. The van der Waals surface area contributed by atoms with Crippen LogP contribution in [0.3, 0.4) is 0 Å². The van der Waals surface area contributed by atoms with Gasteiger partial charge in [-0.1, -0.05) is 6.07 Å². The second kappa shape index (κ2) is 11.2. The topological polar surface area (TPSA) is 116 Å². The molecule has 4 rings (SSSR count). The Hall–Kier alpha value is -3.01. The fourth-order valence-electron chi connectivity index (χ4n) is 4.82. The third kappa shape index (κ3) is 5.98. The molecule has 1 aromatic carbocycles. The molecular weight excluding hydrogens is 453 g/mol. The van der Waals surface area contributed by atoms with E-state index in [1.54, 1.807) is 24.0 Å². The number of amides is 3. The zero-order valence-corrected chi connectivity index (χ0v) is 20.3. The number of fused-ring (bicyclic) bond motifs is 1. The first-order valence-electron chi connectivity index (χ1n) is 12.5. The van der Waals surface area contributed by atoms with Gasteiger partial charge in [0, 0.05) is 31.7 Å². The Morgan fingerprint density at radius 3 is 2.69 bits per heavy atom. The summed E-state index contributed by atoms with van der Waals surface area (Å²) in [6.07, 6.45) is 3.98. The van der Waals surface area contributed by atoms with E-state index in [-0.39, 0.29) is 35.7 Å². The van der Waals surface area contributed by atoms with Crippen molar-refractivity contribution in [3.63, 3.8) is 0 Å². The van der Waals surface area contributed by atoms with Crippen LogP contribution < -0.4 is 10.6 Å². The highest BCUT2D eigenvalue weighted by Gasteiger charge is 2.32. The minimum absolute atomic E-state index is 0.107. The third-order valence-corrected chi connectivity index (χ3v) is 6.98. The number of hydrogen-bond acceptors (Lipinski definition) is 5. The van der Waals surface area contributed by atoms with Crippen molar-refractivity contribution in [1.29, 1.82) is 0 Å². The van der Waals surface area contributed by atoms with Gasteiger partial charge in [-0.25, -0.2) is 9.37 Å². The Labute approximate surface area is 204 Å². The summed E-state index contributed by atoms with van der Waals surface area (Å²) in [4.78, 5) is 48.4. The first kappa shape index (κ1) is 25.1. The van der Waals surface area contributed by atoms with Crippen LogP contribution in [0.2, 0.25) is 0 Å². The molecule has 2 aliphatic rings. The summed E-state index contributed by atoms with van der Waals surface area (Å²) < 4.78 is 19.4. The molecule has 9 nitrogen and oxygen atoms in total. The normalized spacial score (nSPS) is 20.9. The number of nitrogens with zero attached hydrogens (tertiary/aromatic N) is 2. The molecule has 3 heterocycles. The van der Waals surface area contributed by atoms with Crippen LogP contribution >= 0.6 is 0 Å². The fraction of sp³-hybridized carbons (Fsp3) is 0.600. The summed E-state index contributed by atoms with van der Waals surface area (Å²) in [5.74, 6) is -1.18. The molecule has 0 aliphatic carbocycles. The number of imidazole rings is 1. The quantitative estimate of drug-likeness (QED) is 0.555. The number of nitrogens with one attached hydrogen (secondary N) is 3. The van der Waals surface area contributed by atoms with Gasteiger partial charge in [0.15, 0.2) is 5.82 Å². The van der Waals surface area contributed by atoms with E-state index in [0.29, 0.717) is 43.9 Å². The van der Waals surface area contributed by atoms with E-state index in [4.69, 9.17) is 4.74 Å². The zero-order valence-electron chi connectivity index (χ0n) is 20.3. The van der Waals surface area contributed by atoms with E-state index in [9.17, 15) is 18.8 Å². The number of carbonyl (C=O) groups excluding carboxylic acids is 3. The average Bonchev–Trinajstić information content (AvgIpc) is 3.30. The largest absolute Gasteiger partial charge is 0.381 e. The van der Waals surface area contributed by atoms with E-state index in [0.717, 1.165) is 19.3 Å². The van der Waals surface area contributed by atoms with E-state index in [1.165, 1.54) is 6.07 Å². The summed E-state index contributed by atoms with van der Waals surface area (Å²) in [6, 6.07) is 3.12. The number of para-hydroxylation sites is 1. The minimum atomic E-state index is -1.02. The van der Waals surface area contributed by atoms with Gasteiger partial charge in [-0.15, -0.1) is 0 Å². The van der Waals surface area contributed by atoms with Crippen molar-refractivity contribution < 1.29 is 23.5 Å². The van der Waals surface area contributed by atoms with Crippen molar-refractivity contribution in [2.24, 2.45) is 5.92 Å². The molecule has 2 saturated heterocycles. The van der Waals surface area contributed by atoms with Crippen LogP contribution in [0.15, 0.2) is 18.2 Å². The number of hydrogen-bond donors (Lipinski definition) is 3. The summed E-state index contributed by atoms with van der Waals surface area (Å²) >= 11 is 0. The number of benzene rings is 1. The van der Waals surface area contributed by atoms with Crippen molar-refractivity contribution in [3.05, 3.63) is 29.8 Å². The number of piperidine rings is 1. The molecular formula is C25H34FN5O4. The molecule has 2 aromatic rings. The third-order valence-electron chi connectivity index (χ3n) is 6.98. The predicted molar refractivity (Wildman–Crippen MR) is 128 cm³/mol. The minimum Gasteiger partial charge on any atom is -0.381 e. The van der Waals surface area contributed by atoms with Gasteiger partial charge in [0.25, 0.3) is 0 Å². The van der Waals surface area contributed by atoms with Gasteiger partial charge in [0.1, 0.15) is 17.4 Å². The van der Waals surface area contributed by atoms with E-state index < -0.39 is 23.8 Å². The highest BCUT2D eigenvalue weighted by atomic mass is 19.1. The predicted octanol–water partition coefficient (Wildman–Crippen LogP) is 2.58. The van der Waals surface area contributed by atoms with Crippen molar-refractivity contribution in [2.45, 2.75) is 70.5 Å². The maximum Gasteiger partial charge on any atom is 0.243 e. The average molecular weight is 488 g/mol. The molecule has 2 fully saturated rings. The van der Waals surface area contributed by atoms with Crippen molar-refractivity contribution >= 4 is 28.8 Å². The highest BCUT2D eigenvalue weighted by molar-refractivity contribution is 5.93. The van der Waals surface area contributed by atoms with Crippen LogP contribution in [0.25, 0.3) is 11.0 Å². The number of ether oxygens (including phenoxy) is 1. The first-order valence-corrected chi connectivity index (χ1v) is 12.5. The molecule has 35 heavy (non-hydrogen) atoms. The molecule has 3 atom stereocenters. The van der Waals surface area contributed by atoms with Crippen molar-refractivity contribution in [2.75, 3.05) is 19.8 Å². The van der Waals surface area contributed by atoms with Gasteiger partial charge in [0.2, 0.25) is 17.7 Å². The van der Waals surface area contributed by atoms with Crippen LogP contribution in [-0.2, 0) is 19.1 Å². The SMILES string of the molecule is C[C@H](NC(=O)[C@H](CC(=O)N1CCCC[C@@H]1C)NC(=O)C1CCOCC1)c1nc2c(F)cccc2[nH]1. The number of likely N-dealkylation sites (tertiary alicyclic amines) is 1. The van der Waals surface area contributed by atoms with Crippen LogP contribution in [-0.4, -0.2) is 64.4 Å². The lowest BCUT2D eigenvalue weighted by Gasteiger charge is -2.34. The Balaban J connectivity index is 1.47. The number of H-pyrrole nitrogens is 1. The molecule has 0 spiro atoms. The molecule has 3 amide bonds. The monoisotopic (exact) mass is 487 g/mol. The smallest absolute Gasteiger partial charge is 0.243 e. The summed E-state index contributed by atoms with van der Waals surface area (Å²) in [5.41, 5.74) is 0.724. The summed E-state index contributed by atoms with van der Waals surface area (Å²) in [6.45, 7) is 5.38. The number of rotatable bonds is 7. The van der Waals surface area contributed by atoms with E-state index in [1.807, 2.05) is 6.92 Å². The van der Waals surface area contributed by atoms with Crippen molar-refractivity contribution in [1.82, 2.24) is 25.5 Å². The number of carbonyl (C=O) groups is 3. The van der Waals surface area contributed by atoms with Gasteiger partial charge in [-0.2, -0.15) is 0 Å². The summed E-state index contributed by atoms with van der Waals surface area (Å²) in [5, 5.41) is 5.66. The van der Waals surface area contributed by atoms with Crippen LogP contribution in [0.5, 0.6) is 0 Å². The Morgan fingerprint density at radius 1 is 1.20 bits per heavy atom. The molecule has 3 N–H and O–H groups in total. The molecule has 190 valence electrons. The zero-order chi connectivity index (χ0) is 24.9. The van der Waals surface area contributed by atoms with Crippen LogP contribution in [0.1, 0.15) is 64.2 Å². The first-order chi connectivity index (χ1) is 16.8. The van der Waals surface area contributed by atoms with E-state index in [2.05, 4.69) is 20.6 Å². The number of aromatic nitrogens is 2. The molecule has 1 aromatic heterocycles. The molecule has 10 heteroatoms. The fourth-order valence-corrected chi connectivity index (χ4v) is 4.82. The van der Waals surface area contributed by atoms with Crippen LogP contribution in [0.4, 0.5) is 4.39 Å². The lowest BCUT2D eigenvalue weighted by molar-refractivity contribution is -0.139. The van der Waals surface area contributed by atoms with Gasteiger partial charge in [0.05, 0.1) is 18.0 Å². The maximum absolute atomic E-state index is 14.1. The lowest BCUT2D eigenvalue weighted by Crippen LogP contribution is -2.53. The Morgan fingerprint density at radius 2 is 1.97 bits per heavy atom. The number of halogens is 1. The maximum atomic E-state index is 14.1. The molecule has 0 radical (unpaired) electrons. The Bertz CT molecular complexity index is 1070. The second-order valence-electron chi connectivity index (χ2n) is 9.57. The van der Waals surface area contributed by atoms with Gasteiger partial charge >= 0.3 is 0 Å². The molecule has 0 saturated carbocycles.